The molecule has 0 spiro atoms. The number of nitrogens with one attached hydrogen (secondary N) is 3. The molecule has 0 fully saturated rings. The number of aliphatic carboxylic acids is 1. The summed E-state index contributed by atoms with van der Waals surface area (Å²) < 4.78 is 0. The minimum absolute atomic E-state index is 0.0340. The van der Waals surface area contributed by atoms with Crippen molar-refractivity contribution in [1.29, 1.82) is 0 Å². The molecule has 0 radical (unpaired) electrons. The van der Waals surface area contributed by atoms with Crippen molar-refractivity contribution in [1.82, 2.24) is 16.0 Å². The number of primary amides is 1. The van der Waals surface area contributed by atoms with Crippen LogP contribution in [0.25, 0.3) is 0 Å². The van der Waals surface area contributed by atoms with E-state index in [1.165, 1.54) is 11.8 Å². The minimum Gasteiger partial charge on any atom is -0.480 e. The average molecular weight is 463 g/mol. The second-order valence-corrected chi connectivity index (χ2v) is 7.90. The van der Waals surface area contributed by atoms with E-state index in [4.69, 9.17) is 22.3 Å². The first kappa shape index (κ1) is 28.6. The lowest BCUT2D eigenvalue weighted by atomic mass is 10.1. The van der Waals surface area contributed by atoms with Gasteiger partial charge in [0.15, 0.2) is 0 Å². The molecule has 3 atom stereocenters. The highest BCUT2D eigenvalue weighted by molar-refractivity contribution is 7.98. The molecule has 13 heteroatoms. The third-order valence-electron chi connectivity index (χ3n) is 4.28. The van der Waals surface area contributed by atoms with Gasteiger partial charge in [-0.3, -0.25) is 24.0 Å². The van der Waals surface area contributed by atoms with Crippen LogP contribution in [0.4, 0.5) is 0 Å². The number of thioether (sulfide) groups is 1. The van der Waals surface area contributed by atoms with Gasteiger partial charge >= 0.3 is 5.97 Å². The van der Waals surface area contributed by atoms with Crippen LogP contribution < -0.4 is 33.2 Å². The van der Waals surface area contributed by atoms with Gasteiger partial charge < -0.3 is 38.3 Å². The highest BCUT2D eigenvalue weighted by atomic mass is 32.2. The fourth-order valence-corrected chi connectivity index (χ4v) is 3.00. The molecule has 4 amide bonds. The Balaban J connectivity index is 5.17. The summed E-state index contributed by atoms with van der Waals surface area (Å²) in [6, 6.07) is -2.96. The van der Waals surface area contributed by atoms with Gasteiger partial charge in [-0.05, 0) is 50.7 Å². The first-order valence-corrected chi connectivity index (χ1v) is 11.3. The average Bonchev–Trinajstić information content (AvgIpc) is 2.72. The predicted octanol–water partition coefficient (Wildman–Crippen LogP) is -2.37. The zero-order valence-electron chi connectivity index (χ0n) is 17.7. The zero-order valence-corrected chi connectivity index (χ0v) is 18.5. The molecule has 0 bridgehead atoms. The van der Waals surface area contributed by atoms with E-state index in [1.54, 1.807) is 0 Å². The Morgan fingerprint density at radius 1 is 0.935 bits per heavy atom. The van der Waals surface area contributed by atoms with Crippen LogP contribution in [0.1, 0.15) is 38.5 Å². The molecular formula is C18H34N6O6S. The molecule has 0 saturated heterocycles. The summed E-state index contributed by atoms with van der Waals surface area (Å²) in [7, 11) is 0. The van der Waals surface area contributed by atoms with E-state index in [9.17, 15) is 24.0 Å². The number of carboxylic acids is 1. The number of nitrogens with two attached hydrogens (primary N) is 3. The number of carbonyl (C=O) groups excluding carboxylic acids is 4. The van der Waals surface area contributed by atoms with Crippen molar-refractivity contribution >= 4 is 41.4 Å². The SMILES string of the molecule is CSCCC(NC(=O)C(CCCCN)NC(=O)C(N)CCC(N)=O)C(=O)NCC(=O)O. The van der Waals surface area contributed by atoms with E-state index in [-0.39, 0.29) is 25.7 Å². The zero-order chi connectivity index (χ0) is 23.8. The van der Waals surface area contributed by atoms with Crippen LogP contribution in [0, 0.1) is 0 Å². The standard InChI is InChI=1S/C18H34N6O6S/c1-31-9-7-13(17(29)22-10-15(26)27)24-18(30)12(4-2-3-8-19)23-16(28)11(20)5-6-14(21)25/h11-13H,2-10,19-20H2,1H3,(H2,21,25)(H,22,29)(H,23,28)(H,24,30)(H,26,27). The van der Waals surface area contributed by atoms with Crippen LogP contribution in [-0.2, 0) is 24.0 Å². The lowest BCUT2D eigenvalue weighted by Crippen LogP contribution is -2.56. The van der Waals surface area contributed by atoms with Crippen LogP contribution >= 0.6 is 11.8 Å². The van der Waals surface area contributed by atoms with Gasteiger partial charge in [-0.15, -0.1) is 0 Å². The summed E-state index contributed by atoms with van der Waals surface area (Å²) in [6.45, 7) is -0.162. The molecule has 10 N–H and O–H groups in total. The second-order valence-electron chi connectivity index (χ2n) is 6.91. The number of hydrogen-bond donors (Lipinski definition) is 7. The molecule has 3 unspecified atom stereocenters. The van der Waals surface area contributed by atoms with E-state index in [0.717, 1.165) is 0 Å². The normalized spacial score (nSPS) is 13.5. The Hall–Kier alpha value is -2.38. The maximum atomic E-state index is 12.8. The van der Waals surface area contributed by atoms with Crippen molar-refractivity contribution < 1.29 is 29.1 Å². The first-order chi connectivity index (χ1) is 14.6. The van der Waals surface area contributed by atoms with Gasteiger partial charge in [0.1, 0.15) is 18.6 Å². The molecule has 0 aromatic carbocycles. The Morgan fingerprint density at radius 3 is 2.10 bits per heavy atom. The fourth-order valence-electron chi connectivity index (χ4n) is 2.53. The minimum atomic E-state index is -1.21. The third-order valence-corrected chi connectivity index (χ3v) is 4.92. The van der Waals surface area contributed by atoms with Gasteiger partial charge in [0, 0.05) is 6.42 Å². The molecule has 0 aromatic heterocycles. The lowest BCUT2D eigenvalue weighted by molar-refractivity contribution is -0.138. The maximum Gasteiger partial charge on any atom is 0.322 e. The van der Waals surface area contributed by atoms with Crippen molar-refractivity contribution in [2.45, 2.75) is 56.7 Å². The van der Waals surface area contributed by atoms with E-state index in [0.29, 0.717) is 25.1 Å². The molecule has 178 valence electrons. The van der Waals surface area contributed by atoms with Crippen molar-refractivity contribution in [3.63, 3.8) is 0 Å². The molecule has 0 aliphatic carbocycles. The van der Waals surface area contributed by atoms with Crippen LogP contribution in [0.2, 0.25) is 0 Å². The lowest BCUT2D eigenvalue weighted by Gasteiger charge is -2.24. The molecular weight excluding hydrogens is 428 g/mol. The van der Waals surface area contributed by atoms with Crippen LogP contribution in [0.3, 0.4) is 0 Å². The molecule has 12 nitrogen and oxygen atoms in total. The van der Waals surface area contributed by atoms with E-state index >= 15 is 0 Å². The number of unbranched alkanes of at least 4 members (excludes halogenated alkanes) is 1. The van der Waals surface area contributed by atoms with E-state index in [1.807, 2.05) is 6.26 Å². The molecule has 0 aliphatic rings. The molecule has 0 aromatic rings. The Kier molecular flexibility index (Phi) is 15.1. The van der Waals surface area contributed by atoms with Gasteiger partial charge in [0.25, 0.3) is 0 Å². The first-order valence-electron chi connectivity index (χ1n) is 9.95. The molecule has 0 saturated carbocycles. The summed E-state index contributed by atoms with van der Waals surface area (Å²) in [5, 5.41) is 16.1. The second kappa shape index (κ2) is 16.3. The number of rotatable bonds is 17. The highest BCUT2D eigenvalue weighted by Crippen LogP contribution is 2.06. The Bertz CT molecular complexity index is 620. The van der Waals surface area contributed by atoms with Crippen molar-refractivity contribution in [2.24, 2.45) is 17.2 Å². The third kappa shape index (κ3) is 13.5. The summed E-state index contributed by atoms with van der Waals surface area (Å²) >= 11 is 1.46. The van der Waals surface area contributed by atoms with Crippen molar-refractivity contribution in [2.75, 3.05) is 25.1 Å². The summed E-state index contributed by atoms with van der Waals surface area (Å²) in [4.78, 5) is 59.0. The van der Waals surface area contributed by atoms with E-state index < -0.39 is 54.3 Å². The largest absolute Gasteiger partial charge is 0.480 e. The van der Waals surface area contributed by atoms with Gasteiger partial charge in [-0.1, -0.05) is 0 Å². The van der Waals surface area contributed by atoms with Crippen LogP contribution in [-0.4, -0.2) is 77.9 Å². The van der Waals surface area contributed by atoms with Crippen LogP contribution in [0.5, 0.6) is 0 Å². The Morgan fingerprint density at radius 2 is 1.55 bits per heavy atom. The molecule has 31 heavy (non-hydrogen) atoms. The number of carbonyl (C=O) groups is 5. The van der Waals surface area contributed by atoms with E-state index in [2.05, 4.69) is 16.0 Å². The predicted molar refractivity (Wildman–Crippen MR) is 117 cm³/mol. The molecule has 0 aliphatic heterocycles. The topological polar surface area (TPSA) is 220 Å². The summed E-state index contributed by atoms with van der Waals surface area (Å²) in [5.74, 6) is -3.10. The highest BCUT2D eigenvalue weighted by Gasteiger charge is 2.28. The number of amides is 4. The Labute approximate surface area is 185 Å². The van der Waals surface area contributed by atoms with Gasteiger partial charge in [0.2, 0.25) is 23.6 Å². The summed E-state index contributed by atoms with van der Waals surface area (Å²) in [6.07, 6.45) is 3.51. The van der Waals surface area contributed by atoms with Crippen molar-refractivity contribution in [3.8, 4) is 0 Å². The number of carboxylic acid groups (broad SMARTS) is 1. The molecule has 0 heterocycles. The number of hydrogen-bond acceptors (Lipinski definition) is 8. The smallest absolute Gasteiger partial charge is 0.322 e. The van der Waals surface area contributed by atoms with Gasteiger partial charge in [0.05, 0.1) is 6.04 Å². The maximum absolute atomic E-state index is 12.8. The molecule has 0 rings (SSSR count). The fraction of sp³-hybridized carbons (Fsp3) is 0.722. The quantitative estimate of drug-likeness (QED) is 0.115. The summed E-state index contributed by atoms with van der Waals surface area (Å²) in [5.41, 5.74) is 16.3. The van der Waals surface area contributed by atoms with Gasteiger partial charge in [-0.2, -0.15) is 11.8 Å². The van der Waals surface area contributed by atoms with Crippen LogP contribution in [0.15, 0.2) is 0 Å². The van der Waals surface area contributed by atoms with Gasteiger partial charge in [-0.25, -0.2) is 0 Å². The monoisotopic (exact) mass is 462 g/mol. The van der Waals surface area contributed by atoms with Crippen molar-refractivity contribution in [3.05, 3.63) is 0 Å².